The van der Waals surface area contributed by atoms with Crippen molar-refractivity contribution < 1.29 is 66.1 Å². The maximum absolute atomic E-state index is 8.67. The first-order valence-corrected chi connectivity index (χ1v) is 1.60. The third-order valence-corrected chi connectivity index (χ3v) is 0. The molecule has 0 aromatic heterocycles. The van der Waals surface area contributed by atoms with Crippen molar-refractivity contribution in [2.75, 3.05) is 0 Å². The van der Waals surface area contributed by atoms with Gasteiger partial charge >= 0.3 is 51.4 Å². The molecule has 0 fully saturated rings. The fourth-order valence-corrected chi connectivity index (χ4v) is 0. The number of rotatable bonds is 0. The van der Waals surface area contributed by atoms with E-state index in [1.165, 1.54) is 0 Å². The predicted octanol–water partition coefficient (Wildman–Crippen LogP) is -3.20. The van der Waals surface area contributed by atoms with Crippen molar-refractivity contribution in [3.8, 4) is 0 Å². The Kier molecular flexibility index (Phi) is 11.3. The van der Waals surface area contributed by atoms with Gasteiger partial charge in [0.15, 0.2) is 0 Å². The molecule has 0 unspecified atom stereocenters. The largest absolute Gasteiger partial charge is 1.00 e. The van der Waals surface area contributed by atoms with Crippen molar-refractivity contribution in [1.29, 1.82) is 0 Å². The molecule has 28 valence electrons. The quantitative estimate of drug-likeness (QED) is 0.263. The molecule has 5 heteroatoms. The van der Waals surface area contributed by atoms with E-state index in [-0.39, 0.29) is 52.8 Å². The van der Waals surface area contributed by atoms with Crippen LogP contribution in [0.5, 0.6) is 0 Å². The van der Waals surface area contributed by atoms with Crippen molar-refractivity contribution in [3.05, 3.63) is 0 Å². The average Bonchev–Trinajstić information content (AvgIpc) is 0.811. The van der Waals surface area contributed by atoms with Crippen molar-refractivity contribution in [3.63, 3.8) is 0 Å². The molecule has 2 N–H and O–H groups in total. The van der Waals surface area contributed by atoms with Gasteiger partial charge in [-0.1, -0.05) is 0 Å². The fourth-order valence-electron chi connectivity index (χ4n) is 0. The van der Waals surface area contributed by atoms with Gasteiger partial charge in [0, 0.05) is 0 Å². The minimum Gasteiger partial charge on any atom is -1.00 e. The molecule has 0 radical (unpaired) electrons. The summed E-state index contributed by atoms with van der Waals surface area (Å²) < 4.78 is 22.8. The Morgan fingerprint density at radius 3 is 1.60 bits per heavy atom. The topological polar surface area (TPSA) is 57.5 Å². The maximum Gasteiger partial charge on any atom is 1.00 e. The Bertz CT molecular complexity index is 33.8. The fraction of sp³-hybridized carbons (Fsp3) is 0. The molecule has 0 heterocycles. The first-order chi connectivity index (χ1) is 1.73. The zero-order chi connectivity index (χ0) is 3.58. The van der Waals surface area contributed by atoms with Crippen LogP contribution in [0.3, 0.4) is 0 Å². The Balaban J connectivity index is -0.0000000450. The summed E-state index contributed by atoms with van der Waals surface area (Å²) in [6.45, 7) is 0. The average molecular weight is 122 g/mol. The molecule has 0 amide bonds. The van der Waals surface area contributed by atoms with Gasteiger partial charge < -0.3 is 1.43 Å². The summed E-state index contributed by atoms with van der Waals surface area (Å²) in [6, 6.07) is 0. The minimum atomic E-state index is -2.61. The Morgan fingerprint density at radius 2 is 1.60 bits per heavy atom. The molecular weight excluding hydrogens is 119 g/mol. The van der Waals surface area contributed by atoms with Crippen molar-refractivity contribution in [2.24, 2.45) is 0 Å². The minimum absolute atomic E-state index is 0. The van der Waals surface area contributed by atoms with Crippen LogP contribution in [-0.2, 0) is 11.4 Å². The zero-order valence-electron chi connectivity index (χ0n) is 3.71. The second-order valence-electron chi connectivity index (χ2n) is 0.231. The first kappa shape index (κ1) is 9.86. The molecule has 0 saturated heterocycles. The maximum atomic E-state index is 8.67. The molecule has 3 nitrogen and oxygen atoms in total. The van der Waals surface area contributed by atoms with Crippen LogP contribution in [0.4, 0.5) is 0 Å². The Labute approximate surface area is 76.2 Å². The van der Waals surface area contributed by atoms with Gasteiger partial charge in [-0.25, -0.2) is 0 Å². The normalized spacial score (nSPS) is 7.00. The molecule has 5 heavy (non-hydrogen) atoms. The van der Waals surface area contributed by atoms with E-state index in [0.29, 0.717) is 0 Å². The van der Waals surface area contributed by atoms with Gasteiger partial charge in [0.05, 0.1) is 0 Å². The Morgan fingerprint density at radius 1 is 1.60 bits per heavy atom. The molecule has 0 saturated carbocycles. The van der Waals surface area contributed by atoms with Gasteiger partial charge in [-0.3, -0.25) is 9.11 Å². The first-order valence-electron chi connectivity index (χ1n) is 0.532. The molecule has 0 spiro atoms. The predicted molar refractivity (Wildman–Crippen MR) is 14.5 cm³/mol. The zero-order valence-corrected chi connectivity index (χ0v) is 6.65. The summed E-state index contributed by atoms with van der Waals surface area (Å²) in [5, 5.41) is 0. The van der Waals surface area contributed by atoms with Gasteiger partial charge in [0.2, 0.25) is 0 Å². The van der Waals surface area contributed by atoms with E-state index < -0.39 is 11.4 Å². The summed E-state index contributed by atoms with van der Waals surface area (Å²) in [5.74, 6) is 0. The summed E-state index contributed by atoms with van der Waals surface area (Å²) in [4.78, 5) is 0. The monoisotopic (exact) mass is 122 g/mol. The van der Waals surface area contributed by atoms with Crippen LogP contribution in [0.2, 0.25) is 0 Å². The van der Waals surface area contributed by atoms with Crippen LogP contribution in [-0.4, -0.2) is 13.3 Å². The molecule has 0 rings (SSSR count). The van der Waals surface area contributed by atoms with Crippen molar-refractivity contribution in [1.82, 2.24) is 0 Å². The van der Waals surface area contributed by atoms with Gasteiger partial charge in [0.1, 0.15) is 0 Å². The molecule has 0 atom stereocenters. The van der Waals surface area contributed by atoms with Crippen LogP contribution in [0, 0.1) is 0 Å². The Hall–Kier alpha value is 1.71. The number of hydrogen-bond donors (Lipinski definition) is 2. The van der Waals surface area contributed by atoms with E-state index in [4.69, 9.17) is 13.3 Å². The van der Waals surface area contributed by atoms with E-state index in [2.05, 4.69) is 0 Å². The molecule has 0 aliphatic heterocycles. The van der Waals surface area contributed by atoms with Gasteiger partial charge in [-0.2, -0.15) is 4.21 Å². The third-order valence-electron chi connectivity index (χ3n) is 0. The summed E-state index contributed by atoms with van der Waals surface area (Å²) in [6.07, 6.45) is 0. The third kappa shape index (κ3) is 26.9. The van der Waals surface area contributed by atoms with E-state index in [0.717, 1.165) is 0 Å². The molecule has 0 bridgehead atoms. The van der Waals surface area contributed by atoms with Gasteiger partial charge in [-0.05, 0) is 0 Å². The molecule has 0 aliphatic rings. The van der Waals surface area contributed by atoms with Crippen molar-refractivity contribution >= 4 is 11.4 Å². The van der Waals surface area contributed by atoms with Crippen molar-refractivity contribution in [2.45, 2.75) is 0 Å². The summed E-state index contributed by atoms with van der Waals surface area (Å²) >= 11 is -2.61. The van der Waals surface area contributed by atoms with Gasteiger partial charge in [0.25, 0.3) is 11.4 Å². The molecule has 0 aromatic rings. The second-order valence-corrected chi connectivity index (χ2v) is 0.692. The van der Waals surface area contributed by atoms with Gasteiger partial charge in [-0.15, -0.1) is 0 Å². The summed E-state index contributed by atoms with van der Waals surface area (Å²) in [7, 11) is 0. The van der Waals surface area contributed by atoms with Crippen LogP contribution in [0.25, 0.3) is 0 Å². The van der Waals surface area contributed by atoms with Crippen LogP contribution >= 0.6 is 0 Å². The van der Waals surface area contributed by atoms with E-state index in [1.807, 2.05) is 0 Å². The SMILES string of the molecule is O=S(O)O.[H-].[K+]. The number of hydrogen-bond acceptors (Lipinski definition) is 1. The van der Waals surface area contributed by atoms with E-state index >= 15 is 0 Å². The summed E-state index contributed by atoms with van der Waals surface area (Å²) in [5.41, 5.74) is 0. The van der Waals surface area contributed by atoms with E-state index in [9.17, 15) is 0 Å². The second kappa shape index (κ2) is 5.71. The van der Waals surface area contributed by atoms with E-state index in [1.54, 1.807) is 0 Å². The molecule has 0 aromatic carbocycles. The van der Waals surface area contributed by atoms with Crippen LogP contribution in [0.1, 0.15) is 1.43 Å². The molecule has 0 aliphatic carbocycles. The smallest absolute Gasteiger partial charge is 1.00 e. The standard InChI is InChI=1S/K.H2O3S.H/c;1-4(2)3;/h;(H2,1,2,3);/q+1;;-1. The van der Waals surface area contributed by atoms with Crippen LogP contribution < -0.4 is 51.4 Å². The van der Waals surface area contributed by atoms with Crippen LogP contribution in [0.15, 0.2) is 0 Å². The molecular formula is H3KO3S.